The van der Waals surface area contributed by atoms with E-state index in [1.165, 1.54) is 4.90 Å². The van der Waals surface area contributed by atoms with Crippen molar-refractivity contribution in [2.45, 2.75) is 52.5 Å². The van der Waals surface area contributed by atoms with E-state index in [9.17, 15) is 19.6 Å². The molecule has 0 aliphatic carbocycles. The van der Waals surface area contributed by atoms with E-state index < -0.39 is 5.97 Å². The molecule has 0 spiro atoms. The molecule has 0 bridgehead atoms. The first-order valence-electron chi connectivity index (χ1n) is 10.7. The van der Waals surface area contributed by atoms with Gasteiger partial charge in [0.2, 0.25) is 0 Å². The number of amides is 1. The molecule has 8 nitrogen and oxygen atoms in total. The second-order valence-electron chi connectivity index (χ2n) is 7.78. The first-order chi connectivity index (χ1) is 15.3. The number of pyridine rings is 1. The summed E-state index contributed by atoms with van der Waals surface area (Å²) < 4.78 is 1.93. The highest BCUT2D eigenvalue weighted by Gasteiger charge is 2.33. The van der Waals surface area contributed by atoms with Gasteiger partial charge in [-0.25, -0.2) is 0 Å². The van der Waals surface area contributed by atoms with Gasteiger partial charge in [-0.2, -0.15) is 5.26 Å². The van der Waals surface area contributed by atoms with Crippen LogP contribution in [0.2, 0.25) is 0 Å². The van der Waals surface area contributed by atoms with Crippen LogP contribution in [0.25, 0.3) is 6.08 Å². The van der Waals surface area contributed by atoms with Crippen LogP contribution in [-0.2, 0) is 16.1 Å². The van der Waals surface area contributed by atoms with Crippen LogP contribution >= 0.6 is 24.0 Å². The molecule has 170 valence electrons. The number of nitriles is 1. The van der Waals surface area contributed by atoms with Crippen molar-refractivity contribution in [2.24, 2.45) is 0 Å². The summed E-state index contributed by atoms with van der Waals surface area (Å²) in [5, 5.41) is 18.6. The van der Waals surface area contributed by atoms with Crippen LogP contribution in [0.4, 0.5) is 5.82 Å². The number of rotatable bonds is 6. The standard InChI is InChI=1S/C22H26N4O4S2/c1-3-25-19(24-9-6-4-5-7-10-24)15(14(2)16(13-23)20(25)29)12-17-21(30)26(22(31)32-17)11-8-18(27)28/h12H,3-11H2,1-2H3,(H,27,28)/b17-12+. The van der Waals surface area contributed by atoms with E-state index in [2.05, 4.69) is 4.90 Å². The van der Waals surface area contributed by atoms with Gasteiger partial charge in [-0.15, -0.1) is 0 Å². The van der Waals surface area contributed by atoms with E-state index in [0.29, 0.717) is 26.9 Å². The number of carboxylic acids is 1. The molecule has 0 saturated carbocycles. The molecule has 3 heterocycles. The number of carboxylic acid groups (broad SMARTS) is 1. The molecule has 2 aliphatic heterocycles. The van der Waals surface area contributed by atoms with E-state index in [4.69, 9.17) is 17.3 Å². The van der Waals surface area contributed by atoms with Crippen LogP contribution in [0.15, 0.2) is 9.70 Å². The molecule has 3 rings (SSSR count). The Labute approximate surface area is 196 Å². The fourth-order valence-electron chi connectivity index (χ4n) is 4.09. The van der Waals surface area contributed by atoms with Crippen LogP contribution < -0.4 is 10.5 Å². The van der Waals surface area contributed by atoms with Gasteiger partial charge in [-0.3, -0.25) is 23.9 Å². The Morgan fingerprint density at radius 2 is 1.91 bits per heavy atom. The summed E-state index contributed by atoms with van der Waals surface area (Å²) in [6.07, 6.45) is 5.78. The Bertz CT molecular complexity index is 1080. The fourth-order valence-corrected chi connectivity index (χ4v) is 5.38. The lowest BCUT2D eigenvalue weighted by atomic mass is 10.0. The molecule has 2 fully saturated rings. The van der Waals surface area contributed by atoms with E-state index in [1.807, 2.05) is 13.0 Å². The van der Waals surface area contributed by atoms with Crippen LogP contribution in [0, 0.1) is 18.3 Å². The van der Waals surface area contributed by atoms with E-state index in [1.54, 1.807) is 17.6 Å². The van der Waals surface area contributed by atoms with Crippen LogP contribution in [0.1, 0.15) is 55.7 Å². The molecule has 0 radical (unpaired) electrons. The van der Waals surface area contributed by atoms with Gasteiger partial charge in [0.05, 0.1) is 11.3 Å². The molecular formula is C22H26N4O4S2. The SMILES string of the molecule is CCn1c(N2CCCCCC2)c(/C=C2/SC(=S)N(CCC(=O)O)C2=O)c(C)c(C#N)c1=O. The van der Waals surface area contributed by atoms with Gasteiger partial charge in [-0.05, 0) is 38.3 Å². The average molecular weight is 475 g/mol. The minimum atomic E-state index is -1.00. The summed E-state index contributed by atoms with van der Waals surface area (Å²) in [5.41, 5.74) is 0.955. The number of hydrogen-bond donors (Lipinski definition) is 1. The van der Waals surface area contributed by atoms with Crippen LogP contribution in [0.3, 0.4) is 0 Å². The fraction of sp³-hybridized carbons (Fsp3) is 0.500. The summed E-state index contributed by atoms with van der Waals surface area (Å²) in [5.74, 6) is -0.627. The zero-order valence-electron chi connectivity index (χ0n) is 18.2. The average Bonchev–Trinajstić information content (AvgIpc) is 2.93. The highest BCUT2D eigenvalue weighted by atomic mass is 32.2. The molecule has 10 heteroatoms. The Morgan fingerprint density at radius 3 is 2.47 bits per heavy atom. The quantitative estimate of drug-likeness (QED) is 0.495. The number of hydrogen-bond acceptors (Lipinski definition) is 7. The van der Waals surface area contributed by atoms with Crippen LogP contribution in [0.5, 0.6) is 0 Å². The maximum atomic E-state index is 13.0. The van der Waals surface area contributed by atoms with Crippen molar-refractivity contribution in [3.8, 4) is 6.07 Å². The predicted molar refractivity (Wildman–Crippen MR) is 129 cm³/mol. The van der Waals surface area contributed by atoms with Crippen molar-refractivity contribution in [3.05, 3.63) is 31.9 Å². The molecule has 2 aliphatic rings. The Balaban J connectivity index is 2.15. The molecule has 1 aromatic heterocycles. The number of aliphatic carboxylic acids is 1. The third kappa shape index (κ3) is 4.74. The highest BCUT2D eigenvalue weighted by Crippen LogP contribution is 2.36. The third-order valence-electron chi connectivity index (χ3n) is 5.77. The highest BCUT2D eigenvalue weighted by molar-refractivity contribution is 8.26. The van der Waals surface area contributed by atoms with Gasteiger partial charge in [0.25, 0.3) is 11.5 Å². The Morgan fingerprint density at radius 1 is 1.25 bits per heavy atom. The van der Waals surface area contributed by atoms with E-state index in [-0.39, 0.29) is 30.0 Å². The number of carbonyl (C=O) groups is 2. The monoisotopic (exact) mass is 474 g/mol. The topological polar surface area (TPSA) is 107 Å². The molecule has 1 N–H and O–H groups in total. The molecule has 2 saturated heterocycles. The molecule has 1 aromatic rings. The maximum absolute atomic E-state index is 13.0. The van der Waals surface area contributed by atoms with Crippen molar-refractivity contribution >= 4 is 52.1 Å². The normalized spacial score (nSPS) is 18.2. The number of carbonyl (C=O) groups excluding carboxylic acids is 1. The number of thioether (sulfide) groups is 1. The Kier molecular flexibility index (Phi) is 7.74. The molecule has 0 aromatic carbocycles. The third-order valence-corrected chi connectivity index (χ3v) is 7.14. The number of anilines is 1. The summed E-state index contributed by atoms with van der Waals surface area (Å²) in [4.78, 5) is 40.8. The minimum absolute atomic E-state index is 0.00715. The van der Waals surface area contributed by atoms with Gasteiger partial charge >= 0.3 is 5.97 Å². The summed E-state index contributed by atoms with van der Waals surface area (Å²) in [6, 6.07) is 2.03. The first-order valence-corrected chi connectivity index (χ1v) is 11.9. The molecule has 0 unspecified atom stereocenters. The Hall–Kier alpha value is -2.64. The number of thiocarbonyl (C=S) groups is 1. The van der Waals surface area contributed by atoms with Crippen molar-refractivity contribution < 1.29 is 14.7 Å². The molecular weight excluding hydrogens is 448 g/mol. The van der Waals surface area contributed by atoms with E-state index in [0.717, 1.165) is 56.4 Å². The second kappa shape index (κ2) is 10.3. The molecule has 32 heavy (non-hydrogen) atoms. The molecule has 0 atom stereocenters. The van der Waals surface area contributed by atoms with Gasteiger partial charge in [0, 0.05) is 31.7 Å². The summed E-state index contributed by atoms with van der Waals surface area (Å²) >= 11 is 6.42. The van der Waals surface area contributed by atoms with Gasteiger partial charge in [0.1, 0.15) is 21.8 Å². The van der Waals surface area contributed by atoms with Crippen molar-refractivity contribution in [3.63, 3.8) is 0 Å². The molecule has 1 amide bonds. The van der Waals surface area contributed by atoms with Gasteiger partial charge in [0.15, 0.2) is 0 Å². The summed E-state index contributed by atoms with van der Waals surface area (Å²) in [7, 11) is 0. The van der Waals surface area contributed by atoms with E-state index >= 15 is 0 Å². The summed E-state index contributed by atoms with van der Waals surface area (Å²) in [6.45, 7) is 5.61. The first kappa shape index (κ1) is 24.0. The lowest BCUT2D eigenvalue weighted by molar-refractivity contribution is -0.137. The van der Waals surface area contributed by atoms with Crippen molar-refractivity contribution in [2.75, 3.05) is 24.5 Å². The zero-order chi connectivity index (χ0) is 23.4. The number of aromatic nitrogens is 1. The minimum Gasteiger partial charge on any atom is -0.481 e. The van der Waals surface area contributed by atoms with Crippen molar-refractivity contribution in [1.29, 1.82) is 5.26 Å². The lowest BCUT2D eigenvalue weighted by Crippen LogP contribution is -2.35. The number of nitrogens with zero attached hydrogens (tertiary/aromatic N) is 4. The maximum Gasteiger partial charge on any atom is 0.305 e. The van der Waals surface area contributed by atoms with Gasteiger partial charge in [-0.1, -0.05) is 36.8 Å². The second-order valence-corrected chi connectivity index (χ2v) is 9.45. The predicted octanol–water partition coefficient (Wildman–Crippen LogP) is 3.10. The van der Waals surface area contributed by atoms with Crippen LogP contribution in [-0.4, -0.2) is 50.4 Å². The smallest absolute Gasteiger partial charge is 0.305 e. The van der Waals surface area contributed by atoms with Crippen molar-refractivity contribution in [1.82, 2.24) is 9.47 Å². The largest absolute Gasteiger partial charge is 0.481 e. The zero-order valence-corrected chi connectivity index (χ0v) is 19.9. The lowest BCUT2D eigenvalue weighted by Gasteiger charge is -2.29. The van der Waals surface area contributed by atoms with Gasteiger partial charge < -0.3 is 10.0 Å².